The highest BCUT2D eigenvalue weighted by molar-refractivity contribution is 9.09. The van der Waals surface area contributed by atoms with E-state index in [1.807, 2.05) is 24.3 Å². The number of hydrogen-bond acceptors (Lipinski definition) is 3. The Morgan fingerprint density at radius 3 is 2.25 bits per heavy atom. The Hall–Kier alpha value is -1.98. The second-order valence-corrected chi connectivity index (χ2v) is 9.54. The van der Waals surface area contributed by atoms with E-state index in [-0.39, 0.29) is 29.8 Å². The number of benzene rings is 2. The number of ether oxygens (including phenoxy) is 1. The van der Waals surface area contributed by atoms with Gasteiger partial charge in [0.05, 0.1) is 28.8 Å². The molecule has 0 radical (unpaired) electrons. The number of carbonyl (C=O) groups is 2. The van der Waals surface area contributed by atoms with Gasteiger partial charge in [0.25, 0.3) is 0 Å². The topological polar surface area (TPSA) is 46.6 Å². The fraction of sp³-hybridized carbons (Fsp3) is 0.391. The van der Waals surface area contributed by atoms with Gasteiger partial charge in [-0.1, -0.05) is 64.5 Å². The predicted molar refractivity (Wildman–Crippen MR) is 107 cm³/mol. The lowest BCUT2D eigenvalue weighted by Gasteiger charge is -2.51. The first-order valence-corrected chi connectivity index (χ1v) is 10.8. The average molecular weight is 438 g/mol. The SMILES string of the molecule is O=C1[C@@H]2C3c4ccccc4C(Br)(c4ccccc43)[C@H]2C(=O)N1C[C@H]1CCCO1. The predicted octanol–water partition coefficient (Wildman–Crippen LogP) is 3.56. The van der Waals surface area contributed by atoms with E-state index in [0.29, 0.717) is 6.54 Å². The number of hydrogen-bond donors (Lipinski definition) is 0. The Morgan fingerprint density at radius 2 is 1.64 bits per heavy atom. The third-order valence-corrected chi connectivity index (χ3v) is 8.36. The minimum absolute atomic E-state index is 0.0262. The van der Waals surface area contributed by atoms with Gasteiger partial charge >= 0.3 is 0 Å². The standard InChI is InChI=1S/C23H20BrNO3/c24-23-16-9-3-1-7-14(16)18(15-8-2-4-10-17(15)23)19-20(23)22(27)25(21(19)26)12-13-6-5-11-28-13/h1-4,7-10,13,18-20H,5-6,11-12H2/t13-,18?,19-,20-,23?/m1/s1. The van der Waals surface area contributed by atoms with Crippen molar-refractivity contribution in [2.24, 2.45) is 11.8 Å². The first kappa shape index (κ1) is 16.9. The highest BCUT2D eigenvalue weighted by atomic mass is 79.9. The van der Waals surface area contributed by atoms with Crippen molar-refractivity contribution in [1.82, 2.24) is 4.90 Å². The molecule has 7 rings (SSSR count). The Balaban J connectivity index is 1.53. The molecule has 2 amide bonds. The molecule has 0 saturated carbocycles. The maximum absolute atomic E-state index is 13.6. The smallest absolute Gasteiger partial charge is 0.235 e. The summed E-state index contributed by atoms with van der Waals surface area (Å²) in [5.74, 6) is -0.920. The molecule has 28 heavy (non-hydrogen) atoms. The number of amides is 2. The molecule has 2 fully saturated rings. The maximum atomic E-state index is 13.6. The van der Waals surface area contributed by atoms with Crippen LogP contribution in [0.25, 0.3) is 0 Å². The first-order valence-electron chi connectivity index (χ1n) is 9.97. The molecule has 2 heterocycles. The molecule has 0 unspecified atom stereocenters. The number of carbonyl (C=O) groups excluding carboxylic acids is 2. The molecular formula is C23H20BrNO3. The zero-order valence-electron chi connectivity index (χ0n) is 15.3. The average Bonchev–Trinajstić information content (AvgIpc) is 3.32. The van der Waals surface area contributed by atoms with E-state index < -0.39 is 10.2 Å². The Labute approximate surface area is 172 Å². The Bertz CT molecular complexity index is 965. The van der Waals surface area contributed by atoms with Gasteiger partial charge in [-0.25, -0.2) is 0 Å². The van der Waals surface area contributed by atoms with Gasteiger partial charge in [-0.2, -0.15) is 0 Å². The van der Waals surface area contributed by atoms with Crippen molar-refractivity contribution in [3.05, 3.63) is 70.8 Å². The molecule has 2 aliphatic heterocycles. The van der Waals surface area contributed by atoms with Crippen LogP contribution < -0.4 is 0 Å². The fourth-order valence-corrected chi connectivity index (χ4v) is 7.11. The summed E-state index contributed by atoms with van der Waals surface area (Å²) < 4.78 is 5.07. The van der Waals surface area contributed by atoms with Gasteiger partial charge in [0.15, 0.2) is 0 Å². The molecule has 2 saturated heterocycles. The summed E-state index contributed by atoms with van der Waals surface area (Å²) in [6, 6.07) is 16.5. The molecule has 5 aliphatic rings. The zero-order chi connectivity index (χ0) is 19.0. The van der Waals surface area contributed by atoms with E-state index in [2.05, 4.69) is 40.2 Å². The van der Waals surface area contributed by atoms with Crippen molar-refractivity contribution < 1.29 is 14.3 Å². The van der Waals surface area contributed by atoms with E-state index in [1.165, 1.54) is 16.0 Å². The number of nitrogens with zero attached hydrogens (tertiary/aromatic N) is 1. The van der Waals surface area contributed by atoms with Crippen LogP contribution in [-0.2, 0) is 18.7 Å². The van der Waals surface area contributed by atoms with E-state index in [0.717, 1.165) is 30.6 Å². The summed E-state index contributed by atoms with van der Waals surface area (Å²) >= 11 is 4.01. The van der Waals surface area contributed by atoms with Crippen molar-refractivity contribution in [3.8, 4) is 0 Å². The van der Waals surface area contributed by atoms with E-state index in [4.69, 9.17) is 4.74 Å². The highest BCUT2D eigenvalue weighted by Crippen LogP contribution is 2.66. The van der Waals surface area contributed by atoms with Gasteiger partial charge in [0.2, 0.25) is 11.8 Å². The van der Waals surface area contributed by atoms with E-state index in [9.17, 15) is 9.59 Å². The van der Waals surface area contributed by atoms with Crippen LogP contribution in [0.4, 0.5) is 0 Å². The molecular weight excluding hydrogens is 418 g/mol. The second-order valence-electron chi connectivity index (χ2n) is 8.29. The zero-order valence-corrected chi connectivity index (χ0v) is 16.9. The largest absolute Gasteiger partial charge is 0.376 e. The van der Waals surface area contributed by atoms with Crippen LogP contribution in [0, 0.1) is 11.8 Å². The van der Waals surface area contributed by atoms with Crippen molar-refractivity contribution in [2.75, 3.05) is 13.2 Å². The maximum Gasteiger partial charge on any atom is 0.235 e. The minimum Gasteiger partial charge on any atom is -0.376 e. The molecule has 142 valence electrons. The lowest BCUT2D eigenvalue weighted by molar-refractivity contribution is -0.141. The van der Waals surface area contributed by atoms with Gasteiger partial charge < -0.3 is 4.74 Å². The number of imide groups is 1. The molecule has 2 aromatic carbocycles. The van der Waals surface area contributed by atoms with Crippen LogP contribution >= 0.6 is 15.9 Å². The van der Waals surface area contributed by atoms with Crippen molar-refractivity contribution in [3.63, 3.8) is 0 Å². The quantitative estimate of drug-likeness (QED) is 0.532. The van der Waals surface area contributed by atoms with Crippen LogP contribution in [0.3, 0.4) is 0 Å². The molecule has 5 heteroatoms. The lowest BCUT2D eigenvalue weighted by Crippen LogP contribution is -2.50. The van der Waals surface area contributed by atoms with Crippen LogP contribution in [0.2, 0.25) is 0 Å². The first-order chi connectivity index (χ1) is 13.6. The van der Waals surface area contributed by atoms with Crippen molar-refractivity contribution in [1.29, 1.82) is 0 Å². The van der Waals surface area contributed by atoms with Crippen LogP contribution in [-0.4, -0.2) is 36.0 Å². The molecule has 3 atom stereocenters. The van der Waals surface area contributed by atoms with Crippen LogP contribution in [0.15, 0.2) is 48.5 Å². The Morgan fingerprint density at radius 1 is 1.00 bits per heavy atom. The molecule has 0 aromatic heterocycles. The summed E-state index contributed by atoms with van der Waals surface area (Å²) in [5.41, 5.74) is 4.58. The van der Waals surface area contributed by atoms with E-state index >= 15 is 0 Å². The number of likely N-dealkylation sites (tertiary alicyclic amines) is 1. The minimum atomic E-state index is -0.655. The summed E-state index contributed by atoms with van der Waals surface area (Å²) in [5, 5.41) is 0. The van der Waals surface area contributed by atoms with Crippen LogP contribution in [0.1, 0.15) is 41.0 Å². The summed E-state index contributed by atoms with van der Waals surface area (Å²) in [7, 11) is 0. The summed E-state index contributed by atoms with van der Waals surface area (Å²) in [6.45, 7) is 1.10. The van der Waals surface area contributed by atoms with Gasteiger partial charge in [-0.15, -0.1) is 0 Å². The normalized spacial score (nSPS) is 35.1. The number of halogens is 1. The molecule has 4 nitrogen and oxygen atoms in total. The third-order valence-electron chi connectivity index (χ3n) is 7.02. The molecule has 0 spiro atoms. The van der Waals surface area contributed by atoms with Crippen LogP contribution in [0.5, 0.6) is 0 Å². The monoisotopic (exact) mass is 437 g/mol. The van der Waals surface area contributed by atoms with Gasteiger partial charge in [-0.05, 0) is 35.1 Å². The molecule has 2 bridgehead atoms. The fourth-order valence-electron chi connectivity index (χ4n) is 5.91. The number of alkyl halides is 1. The summed E-state index contributed by atoms with van der Waals surface area (Å²) in [6.07, 6.45) is 1.88. The number of rotatable bonds is 2. The van der Waals surface area contributed by atoms with E-state index in [1.54, 1.807) is 0 Å². The van der Waals surface area contributed by atoms with Gasteiger partial charge in [-0.3, -0.25) is 14.5 Å². The van der Waals surface area contributed by atoms with Gasteiger partial charge in [0.1, 0.15) is 0 Å². The van der Waals surface area contributed by atoms with Crippen molar-refractivity contribution in [2.45, 2.75) is 29.2 Å². The molecule has 2 aromatic rings. The lowest BCUT2D eigenvalue weighted by atomic mass is 9.55. The van der Waals surface area contributed by atoms with Crippen molar-refractivity contribution >= 4 is 27.7 Å². The molecule has 3 aliphatic carbocycles. The third kappa shape index (κ3) is 1.94. The second kappa shape index (κ2) is 5.77. The Kier molecular flexibility index (Phi) is 3.49. The summed E-state index contributed by atoms with van der Waals surface area (Å²) in [4.78, 5) is 28.6. The molecule has 0 N–H and O–H groups in total. The van der Waals surface area contributed by atoms with Gasteiger partial charge in [0, 0.05) is 12.5 Å². The highest BCUT2D eigenvalue weighted by Gasteiger charge is 2.67.